The predicted molar refractivity (Wildman–Crippen MR) is 64.2 cm³/mol. The zero-order valence-electron chi connectivity index (χ0n) is 9.01. The number of hydrogen-bond donors (Lipinski definition) is 0. The van der Waals surface area contributed by atoms with Gasteiger partial charge in [-0.1, -0.05) is 0 Å². The molecule has 0 spiro atoms. The largest absolute Gasteiger partial charge is 0.461 e. The number of carbonyl (C=O) groups is 2. The van der Waals surface area contributed by atoms with E-state index < -0.39 is 5.97 Å². The monoisotopic (exact) mass is 296 g/mol. The number of ether oxygens (including phenoxy) is 1. The second-order valence-electron chi connectivity index (χ2n) is 3.31. The summed E-state index contributed by atoms with van der Waals surface area (Å²) in [5, 5.41) is 0. The molecule has 0 fully saturated rings. The first-order valence-electron chi connectivity index (χ1n) is 4.96. The highest BCUT2D eigenvalue weighted by Gasteiger charge is 2.14. The molecule has 0 amide bonds. The van der Waals surface area contributed by atoms with Gasteiger partial charge in [0.25, 0.3) is 0 Å². The Labute approximate surface area is 106 Å². The SMILES string of the molecule is CCOC(=O)c1cn2cc(Br)cc(C=O)c2n1. The number of pyridine rings is 1. The van der Waals surface area contributed by atoms with Crippen LogP contribution in [0.2, 0.25) is 0 Å². The van der Waals surface area contributed by atoms with Gasteiger partial charge in [0, 0.05) is 16.9 Å². The molecule has 0 aliphatic heterocycles. The Morgan fingerprint density at radius 3 is 3.00 bits per heavy atom. The van der Waals surface area contributed by atoms with Crippen LogP contribution in [-0.2, 0) is 4.74 Å². The minimum atomic E-state index is -0.496. The van der Waals surface area contributed by atoms with Gasteiger partial charge in [0.15, 0.2) is 12.0 Å². The maximum absolute atomic E-state index is 11.5. The van der Waals surface area contributed by atoms with Crippen LogP contribution in [0.25, 0.3) is 5.65 Å². The van der Waals surface area contributed by atoms with Crippen molar-refractivity contribution in [2.24, 2.45) is 0 Å². The maximum atomic E-state index is 11.5. The Bertz CT molecular complexity index is 592. The van der Waals surface area contributed by atoms with E-state index in [9.17, 15) is 9.59 Å². The third kappa shape index (κ3) is 2.21. The van der Waals surface area contributed by atoms with Crippen LogP contribution in [0.4, 0.5) is 0 Å². The van der Waals surface area contributed by atoms with Gasteiger partial charge >= 0.3 is 5.97 Å². The lowest BCUT2D eigenvalue weighted by molar-refractivity contribution is 0.0520. The quantitative estimate of drug-likeness (QED) is 0.643. The number of rotatable bonds is 3. The summed E-state index contributed by atoms with van der Waals surface area (Å²) in [5.41, 5.74) is 1.04. The summed E-state index contributed by atoms with van der Waals surface area (Å²) in [5.74, 6) is -0.496. The first kappa shape index (κ1) is 11.8. The second-order valence-corrected chi connectivity index (χ2v) is 4.22. The summed E-state index contributed by atoms with van der Waals surface area (Å²) in [6, 6.07) is 1.64. The molecule has 0 aliphatic carbocycles. The van der Waals surface area contributed by atoms with Crippen molar-refractivity contribution in [3.8, 4) is 0 Å². The lowest BCUT2D eigenvalue weighted by Gasteiger charge is -1.96. The van der Waals surface area contributed by atoms with Gasteiger partial charge in [0.1, 0.15) is 5.65 Å². The topological polar surface area (TPSA) is 60.7 Å². The van der Waals surface area contributed by atoms with Crippen LogP contribution in [-0.4, -0.2) is 28.2 Å². The number of aromatic nitrogens is 2. The molecule has 5 nitrogen and oxygen atoms in total. The molecule has 2 rings (SSSR count). The van der Waals surface area contributed by atoms with Gasteiger partial charge in [-0.25, -0.2) is 9.78 Å². The number of esters is 1. The van der Waals surface area contributed by atoms with Crippen molar-refractivity contribution in [1.29, 1.82) is 0 Å². The zero-order chi connectivity index (χ0) is 12.4. The minimum absolute atomic E-state index is 0.188. The van der Waals surface area contributed by atoms with Crippen LogP contribution in [0, 0.1) is 0 Å². The highest BCUT2D eigenvalue weighted by molar-refractivity contribution is 9.10. The second kappa shape index (κ2) is 4.67. The third-order valence-corrected chi connectivity index (χ3v) is 2.59. The maximum Gasteiger partial charge on any atom is 0.358 e. The molecule has 0 bridgehead atoms. The summed E-state index contributed by atoms with van der Waals surface area (Å²) in [7, 11) is 0. The normalized spacial score (nSPS) is 10.5. The molecule has 6 heteroatoms. The van der Waals surface area contributed by atoms with E-state index >= 15 is 0 Å². The molecule has 0 unspecified atom stereocenters. The number of hydrogen-bond acceptors (Lipinski definition) is 4. The van der Waals surface area contributed by atoms with Crippen molar-refractivity contribution in [2.75, 3.05) is 6.61 Å². The summed E-state index contributed by atoms with van der Waals surface area (Å²) < 4.78 is 7.19. The van der Waals surface area contributed by atoms with Gasteiger partial charge in [-0.3, -0.25) is 4.79 Å². The average Bonchev–Trinajstić information content (AvgIpc) is 2.71. The number of nitrogens with zero attached hydrogens (tertiary/aromatic N) is 2. The summed E-state index contributed by atoms with van der Waals surface area (Å²) in [6.45, 7) is 2.01. The molecule has 2 aromatic heterocycles. The van der Waals surface area contributed by atoms with E-state index in [-0.39, 0.29) is 12.3 Å². The molecule has 0 radical (unpaired) electrons. The Kier molecular flexibility index (Phi) is 3.23. The molecule has 0 saturated heterocycles. The number of carbonyl (C=O) groups excluding carboxylic acids is 2. The average molecular weight is 297 g/mol. The smallest absolute Gasteiger partial charge is 0.358 e. The standard InChI is InChI=1S/C11H9BrN2O3/c1-2-17-11(16)9-5-14-4-8(12)3-7(6-15)10(14)13-9/h3-6H,2H2,1H3. The molecule has 17 heavy (non-hydrogen) atoms. The Morgan fingerprint density at radius 1 is 1.59 bits per heavy atom. The van der Waals surface area contributed by atoms with Crippen molar-refractivity contribution >= 4 is 33.8 Å². The molecule has 88 valence electrons. The minimum Gasteiger partial charge on any atom is -0.461 e. The van der Waals surface area contributed by atoms with Gasteiger partial charge in [-0.2, -0.15) is 0 Å². The lowest BCUT2D eigenvalue weighted by atomic mass is 10.3. The third-order valence-electron chi connectivity index (χ3n) is 2.16. The van der Waals surface area contributed by atoms with Crippen molar-refractivity contribution in [2.45, 2.75) is 6.92 Å². The van der Waals surface area contributed by atoms with Crippen molar-refractivity contribution in [1.82, 2.24) is 9.38 Å². The van der Waals surface area contributed by atoms with Crippen LogP contribution >= 0.6 is 15.9 Å². The number of fused-ring (bicyclic) bond motifs is 1. The van der Waals surface area contributed by atoms with Gasteiger partial charge < -0.3 is 9.14 Å². The van der Waals surface area contributed by atoms with E-state index in [2.05, 4.69) is 20.9 Å². The molecule has 2 heterocycles. The fourth-order valence-corrected chi connectivity index (χ4v) is 1.95. The van der Waals surface area contributed by atoms with Crippen LogP contribution in [0.15, 0.2) is 22.9 Å². The van der Waals surface area contributed by atoms with E-state index in [1.165, 1.54) is 6.20 Å². The Morgan fingerprint density at radius 2 is 2.35 bits per heavy atom. The fourth-order valence-electron chi connectivity index (χ4n) is 1.48. The summed E-state index contributed by atoms with van der Waals surface area (Å²) in [6.07, 6.45) is 3.95. The Hall–Kier alpha value is -1.69. The summed E-state index contributed by atoms with van der Waals surface area (Å²) in [4.78, 5) is 26.5. The molecule has 2 aromatic rings. The molecule has 0 saturated carbocycles. The fraction of sp³-hybridized carbons (Fsp3) is 0.182. The van der Waals surface area contributed by atoms with E-state index in [0.29, 0.717) is 17.5 Å². The van der Waals surface area contributed by atoms with E-state index in [4.69, 9.17) is 4.74 Å². The van der Waals surface area contributed by atoms with Gasteiger partial charge in [0.05, 0.1) is 12.2 Å². The zero-order valence-corrected chi connectivity index (χ0v) is 10.6. The first-order valence-corrected chi connectivity index (χ1v) is 5.75. The van der Waals surface area contributed by atoms with Crippen LogP contribution in [0.3, 0.4) is 0 Å². The van der Waals surface area contributed by atoms with Crippen LogP contribution in [0.1, 0.15) is 27.8 Å². The van der Waals surface area contributed by atoms with Crippen molar-refractivity contribution < 1.29 is 14.3 Å². The number of aldehydes is 1. The number of imidazole rings is 1. The lowest BCUT2D eigenvalue weighted by Crippen LogP contribution is -2.04. The van der Waals surface area contributed by atoms with Gasteiger partial charge in [-0.15, -0.1) is 0 Å². The molecular formula is C11H9BrN2O3. The highest BCUT2D eigenvalue weighted by atomic mass is 79.9. The van der Waals surface area contributed by atoms with E-state index in [1.54, 1.807) is 23.6 Å². The molecule has 0 N–H and O–H groups in total. The van der Waals surface area contributed by atoms with Crippen molar-refractivity contribution in [3.63, 3.8) is 0 Å². The van der Waals surface area contributed by atoms with E-state index in [1.807, 2.05) is 0 Å². The molecule has 0 aliphatic rings. The van der Waals surface area contributed by atoms with Crippen molar-refractivity contribution in [3.05, 3.63) is 34.2 Å². The first-order chi connectivity index (χ1) is 8.15. The predicted octanol–water partition coefficient (Wildman–Crippen LogP) is 2.09. The van der Waals surface area contributed by atoms with E-state index in [0.717, 1.165) is 4.47 Å². The molecule has 0 atom stereocenters. The highest BCUT2D eigenvalue weighted by Crippen LogP contribution is 2.17. The van der Waals surface area contributed by atoms with Crippen LogP contribution in [0.5, 0.6) is 0 Å². The Balaban J connectivity index is 2.56. The van der Waals surface area contributed by atoms with Gasteiger partial charge in [0.2, 0.25) is 0 Å². The van der Waals surface area contributed by atoms with Crippen LogP contribution < -0.4 is 0 Å². The molecule has 0 aromatic carbocycles. The molecular weight excluding hydrogens is 288 g/mol. The van der Waals surface area contributed by atoms with Gasteiger partial charge in [-0.05, 0) is 28.9 Å². The number of halogens is 1. The summed E-state index contributed by atoms with van der Waals surface area (Å²) >= 11 is 3.28.